The van der Waals surface area contributed by atoms with Gasteiger partial charge in [0.2, 0.25) is 0 Å². The van der Waals surface area contributed by atoms with Crippen LogP contribution >= 0.6 is 27.3 Å². The summed E-state index contributed by atoms with van der Waals surface area (Å²) in [6, 6.07) is 8.66. The Kier molecular flexibility index (Phi) is 3.89. The van der Waals surface area contributed by atoms with Crippen LogP contribution in [0.3, 0.4) is 0 Å². The topological polar surface area (TPSA) is 9.23 Å². The van der Waals surface area contributed by atoms with Crippen molar-refractivity contribution in [3.8, 4) is 5.75 Å². The van der Waals surface area contributed by atoms with Crippen LogP contribution in [0.2, 0.25) is 0 Å². The molecule has 1 atom stereocenters. The Morgan fingerprint density at radius 3 is 2.53 bits per heavy atom. The van der Waals surface area contributed by atoms with Gasteiger partial charge in [0, 0.05) is 10.3 Å². The summed E-state index contributed by atoms with van der Waals surface area (Å²) >= 11 is 5.47. The van der Waals surface area contributed by atoms with E-state index in [4.69, 9.17) is 4.74 Å². The van der Waals surface area contributed by atoms with E-state index in [1.54, 1.807) is 18.4 Å². The van der Waals surface area contributed by atoms with Crippen molar-refractivity contribution in [2.24, 2.45) is 0 Å². The van der Waals surface area contributed by atoms with E-state index in [1.165, 1.54) is 21.6 Å². The van der Waals surface area contributed by atoms with Gasteiger partial charge in [-0.1, -0.05) is 34.1 Å². The molecule has 0 fully saturated rings. The minimum atomic E-state index is 0.246. The number of halogens is 1. The summed E-state index contributed by atoms with van der Waals surface area (Å²) in [4.78, 5) is 1.51. The summed E-state index contributed by atoms with van der Waals surface area (Å²) in [5.74, 6) is 0.929. The number of aryl methyl sites for hydroxylation is 2. The van der Waals surface area contributed by atoms with Crippen LogP contribution in [0.25, 0.3) is 0 Å². The van der Waals surface area contributed by atoms with E-state index < -0.39 is 0 Å². The number of rotatable bonds is 3. The van der Waals surface area contributed by atoms with Crippen molar-refractivity contribution in [2.45, 2.75) is 18.7 Å². The zero-order chi connectivity index (χ0) is 12.4. The molecule has 1 aromatic heterocycles. The molecule has 2 aromatic rings. The highest BCUT2D eigenvalue weighted by molar-refractivity contribution is 9.09. The molecule has 17 heavy (non-hydrogen) atoms. The largest absolute Gasteiger partial charge is 0.496 e. The molecular weight excluding hydrogens is 296 g/mol. The van der Waals surface area contributed by atoms with Gasteiger partial charge in [-0.3, -0.25) is 0 Å². The number of thiophene rings is 1. The summed E-state index contributed by atoms with van der Waals surface area (Å²) < 4.78 is 5.21. The highest BCUT2D eigenvalue weighted by Crippen LogP contribution is 2.37. The highest BCUT2D eigenvalue weighted by Gasteiger charge is 2.13. The molecule has 2 rings (SSSR count). The fourth-order valence-electron chi connectivity index (χ4n) is 1.66. The van der Waals surface area contributed by atoms with Crippen LogP contribution in [0.15, 0.2) is 29.6 Å². The molecule has 0 saturated carbocycles. The molecular formula is C14H15BrOS. The van der Waals surface area contributed by atoms with Gasteiger partial charge in [0.15, 0.2) is 0 Å². The van der Waals surface area contributed by atoms with Crippen molar-refractivity contribution in [1.29, 1.82) is 0 Å². The number of alkyl halides is 1. The minimum Gasteiger partial charge on any atom is -0.496 e. The number of ether oxygens (including phenoxy) is 1. The van der Waals surface area contributed by atoms with Gasteiger partial charge in [0.1, 0.15) is 5.75 Å². The quantitative estimate of drug-likeness (QED) is 0.736. The van der Waals surface area contributed by atoms with Crippen molar-refractivity contribution in [3.05, 3.63) is 51.2 Å². The summed E-state index contributed by atoms with van der Waals surface area (Å²) in [7, 11) is 1.70. The smallest absolute Gasteiger partial charge is 0.129 e. The molecule has 0 amide bonds. The Bertz CT molecular complexity index is 519. The van der Waals surface area contributed by atoms with Crippen molar-refractivity contribution in [2.75, 3.05) is 7.11 Å². The zero-order valence-corrected chi connectivity index (χ0v) is 12.6. The molecule has 1 aromatic carbocycles. The molecule has 1 heterocycles. The molecule has 0 aliphatic rings. The van der Waals surface area contributed by atoms with E-state index in [1.807, 2.05) is 5.38 Å². The zero-order valence-electron chi connectivity index (χ0n) is 10.2. The first-order chi connectivity index (χ1) is 8.11. The third kappa shape index (κ3) is 2.72. The Labute approximate surface area is 115 Å². The molecule has 0 spiro atoms. The van der Waals surface area contributed by atoms with Crippen LogP contribution in [0.4, 0.5) is 0 Å². The van der Waals surface area contributed by atoms with Crippen LogP contribution in [0.1, 0.15) is 26.4 Å². The maximum Gasteiger partial charge on any atom is 0.129 e. The van der Waals surface area contributed by atoms with Gasteiger partial charge in [-0.25, -0.2) is 0 Å². The lowest BCUT2D eigenvalue weighted by atomic mass is 10.0. The van der Waals surface area contributed by atoms with E-state index in [-0.39, 0.29) is 4.83 Å². The van der Waals surface area contributed by atoms with Gasteiger partial charge >= 0.3 is 0 Å². The molecule has 0 N–H and O–H groups in total. The molecule has 0 aliphatic heterocycles. The second-order valence-electron chi connectivity index (χ2n) is 4.10. The molecule has 90 valence electrons. The van der Waals surface area contributed by atoms with E-state index in [0.717, 1.165) is 5.75 Å². The summed E-state index contributed by atoms with van der Waals surface area (Å²) in [5, 5.41) is 2.03. The van der Waals surface area contributed by atoms with Crippen molar-refractivity contribution >= 4 is 27.3 Å². The Morgan fingerprint density at radius 1 is 1.18 bits per heavy atom. The maximum absolute atomic E-state index is 5.21. The van der Waals surface area contributed by atoms with Gasteiger partial charge in [-0.05, 0) is 36.6 Å². The molecule has 3 heteroatoms. The monoisotopic (exact) mass is 310 g/mol. The Morgan fingerprint density at radius 2 is 1.94 bits per heavy atom. The van der Waals surface area contributed by atoms with Crippen LogP contribution in [-0.4, -0.2) is 7.11 Å². The number of benzene rings is 1. The van der Waals surface area contributed by atoms with Crippen LogP contribution in [0, 0.1) is 13.8 Å². The van der Waals surface area contributed by atoms with Crippen molar-refractivity contribution in [1.82, 2.24) is 0 Å². The third-order valence-electron chi connectivity index (χ3n) is 2.90. The fraction of sp³-hybridized carbons (Fsp3) is 0.286. The summed E-state index contributed by atoms with van der Waals surface area (Å²) in [6.45, 7) is 4.28. The van der Waals surface area contributed by atoms with Gasteiger partial charge in [-0.15, -0.1) is 11.3 Å². The van der Waals surface area contributed by atoms with Gasteiger partial charge < -0.3 is 4.74 Å². The first kappa shape index (κ1) is 12.7. The van der Waals surface area contributed by atoms with E-state index >= 15 is 0 Å². The molecule has 1 unspecified atom stereocenters. The van der Waals surface area contributed by atoms with Gasteiger partial charge in [0.25, 0.3) is 0 Å². The predicted molar refractivity (Wildman–Crippen MR) is 77.6 cm³/mol. The predicted octanol–water partition coefficient (Wildman–Crippen LogP) is 4.86. The molecule has 0 saturated heterocycles. The summed E-state index contributed by atoms with van der Waals surface area (Å²) in [6.07, 6.45) is 0. The fourth-order valence-corrected chi connectivity index (χ4v) is 3.26. The maximum atomic E-state index is 5.21. The molecule has 0 bridgehead atoms. The second kappa shape index (κ2) is 5.23. The van der Waals surface area contributed by atoms with Gasteiger partial charge in [-0.2, -0.15) is 0 Å². The third-order valence-corrected chi connectivity index (χ3v) is 5.21. The highest BCUT2D eigenvalue weighted by atomic mass is 79.9. The average molecular weight is 311 g/mol. The standard InChI is InChI=1S/C14H15BrOS/c1-9-4-5-11(6-10(9)2)14(15)13-7-12(16-3)8-17-13/h4-8,14H,1-3H3. The SMILES string of the molecule is COc1csc(C(Br)c2ccc(C)c(C)c2)c1. The first-order valence-corrected chi connectivity index (χ1v) is 7.25. The van der Waals surface area contributed by atoms with Gasteiger partial charge in [0.05, 0.1) is 11.9 Å². The summed E-state index contributed by atoms with van der Waals surface area (Å²) in [5.41, 5.74) is 3.95. The lowest BCUT2D eigenvalue weighted by Crippen LogP contribution is -1.92. The van der Waals surface area contributed by atoms with E-state index in [9.17, 15) is 0 Å². The van der Waals surface area contributed by atoms with Crippen LogP contribution in [-0.2, 0) is 0 Å². The van der Waals surface area contributed by atoms with Crippen molar-refractivity contribution < 1.29 is 4.74 Å². The lowest BCUT2D eigenvalue weighted by molar-refractivity contribution is 0.416. The number of methoxy groups -OCH3 is 1. The molecule has 1 nitrogen and oxygen atoms in total. The van der Waals surface area contributed by atoms with Crippen LogP contribution in [0.5, 0.6) is 5.75 Å². The number of hydrogen-bond acceptors (Lipinski definition) is 2. The molecule has 0 radical (unpaired) electrons. The van der Waals surface area contributed by atoms with Crippen LogP contribution < -0.4 is 4.74 Å². The van der Waals surface area contributed by atoms with E-state index in [2.05, 4.69) is 54.0 Å². The minimum absolute atomic E-state index is 0.246. The second-order valence-corrected chi connectivity index (χ2v) is 5.95. The van der Waals surface area contributed by atoms with Crippen molar-refractivity contribution in [3.63, 3.8) is 0 Å². The normalized spacial score (nSPS) is 12.5. The lowest BCUT2D eigenvalue weighted by Gasteiger charge is -2.10. The number of hydrogen-bond donors (Lipinski definition) is 0. The average Bonchev–Trinajstić information content (AvgIpc) is 2.80. The van der Waals surface area contributed by atoms with E-state index in [0.29, 0.717) is 0 Å². The molecule has 0 aliphatic carbocycles. The Hall–Kier alpha value is -0.800. The Balaban J connectivity index is 2.29. The first-order valence-electron chi connectivity index (χ1n) is 5.45.